The number of hydrogen-bond donors (Lipinski definition) is 2. The molecule has 0 aliphatic heterocycles. The van der Waals surface area contributed by atoms with Gasteiger partial charge in [-0.05, 0) is 42.5 Å². The van der Waals surface area contributed by atoms with Crippen molar-refractivity contribution in [3.63, 3.8) is 0 Å². The fourth-order valence-electron chi connectivity index (χ4n) is 1.48. The lowest BCUT2D eigenvalue weighted by Gasteiger charge is -2.08. The molecule has 0 saturated carbocycles. The van der Waals surface area contributed by atoms with Gasteiger partial charge in [-0.2, -0.15) is 0 Å². The van der Waals surface area contributed by atoms with Crippen molar-refractivity contribution in [2.24, 2.45) is 0 Å². The summed E-state index contributed by atoms with van der Waals surface area (Å²) in [5, 5.41) is 3.14. The highest BCUT2D eigenvalue weighted by Crippen LogP contribution is 2.17. The molecular weight excluding hydrogens is 283 g/mol. The average molecular weight is 295 g/mol. The third-order valence-electron chi connectivity index (χ3n) is 2.40. The van der Waals surface area contributed by atoms with E-state index < -0.39 is 0 Å². The van der Waals surface area contributed by atoms with Crippen LogP contribution in [-0.2, 0) is 6.54 Å². The van der Waals surface area contributed by atoms with E-state index in [2.05, 4.69) is 21.2 Å². The second kappa shape index (κ2) is 5.19. The lowest BCUT2D eigenvalue weighted by molar-refractivity contribution is 0.612. The first kappa shape index (κ1) is 11.9. The van der Waals surface area contributed by atoms with E-state index in [4.69, 9.17) is 5.73 Å². The van der Waals surface area contributed by atoms with Crippen LogP contribution in [0.5, 0.6) is 0 Å². The van der Waals surface area contributed by atoms with E-state index in [1.807, 2.05) is 12.1 Å². The van der Waals surface area contributed by atoms with Crippen LogP contribution in [0, 0.1) is 5.82 Å². The van der Waals surface area contributed by atoms with Crippen LogP contribution in [0.3, 0.4) is 0 Å². The summed E-state index contributed by atoms with van der Waals surface area (Å²) < 4.78 is 14.3. The lowest BCUT2D eigenvalue weighted by atomic mass is 10.2. The maximum atomic E-state index is 13.5. The second-order valence-electron chi connectivity index (χ2n) is 3.71. The maximum Gasteiger partial charge on any atom is 0.128 e. The third kappa shape index (κ3) is 3.20. The molecular formula is C13H12BrFN2. The molecule has 0 aliphatic carbocycles. The van der Waals surface area contributed by atoms with Crippen molar-refractivity contribution in [1.82, 2.24) is 0 Å². The molecule has 0 heterocycles. The van der Waals surface area contributed by atoms with Gasteiger partial charge in [-0.15, -0.1) is 0 Å². The van der Waals surface area contributed by atoms with Gasteiger partial charge in [-0.1, -0.05) is 15.9 Å². The monoisotopic (exact) mass is 294 g/mol. The van der Waals surface area contributed by atoms with Crippen molar-refractivity contribution in [3.8, 4) is 0 Å². The molecule has 0 radical (unpaired) electrons. The fraction of sp³-hybridized carbons (Fsp3) is 0.0769. The van der Waals surface area contributed by atoms with Gasteiger partial charge in [0.05, 0.1) is 0 Å². The van der Waals surface area contributed by atoms with Crippen molar-refractivity contribution >= 4 is 27.3 Å². The molecule has 0 atom stereocenters. The molecule has 2 aromatic carbocycles. The van der Waals surface area contributed by atoms with Crippen molar-refractivity contribution in [3.05, 3.63) is 58.3 Å². The zero-order chi connectivity index (χ0) is 12.3. The van der Waals surface area contributed by atoms with E-state index in [0.717, 1.165) is 10.2 Å². The molecule has 0 bridgehead atoms. The Hall–Kier alpha value is -1.55. The Morgan fingerprint density at radius 3 is 2.53 bits per heavy atom. The van der Waals surface area contributed by atoms with Gasteiger partial charge in [0.1, 0.15) is 5.82 Å². The molecule has 0 spiro atoms. The van der Waals surface area contributed by atoms with Crippen LogP contribution < -0.4 is 11.1 Å². The highest BCUT2D eigenvalue weighted by atomic mass is 79.9. The molecule has 2 nitrogen and oxygen atoms in total. The van der Waals surface area contributed by atoms with Crippen LogP contribution in [0.15, 0.2) is 46.9 Å². The van der Waals surface area contributed by atoms with Crippen LogP contribution in [-0.4, -0.2) is 0 Å². The SMILES string of the molecule is Nc1ccc(NCc2cc(Br)ccc2F)cc1. The standard InChI is InChI=1S/C13H12BrFN2/c14-10-1-6-13(15)9(7-10)8-17-12-4-2-11(16)3-5-12/h1-7,17H,8,16H2. The number of rotatable bonds is 3. The Balaban J connectivity index is 2.07. The number of anilines is 2. The lowest BCUT2D eigenvalue weighted by Crippen LogP contribution is -2.01. The van der Waals surface area contributed by atoms with Gasteiger partial charge in [0, 0.05) is 28.0 Å². The Kier molecular flexibility index (Phi) is 3.64. The van der Waals surface area contributed by atoms with Crippen LogP contribution >= 0.6 is 15.9 Å². The quantitative estimate of drug-likeness (QED) is 0.846. The molecule has 3 N–H and O–H groups in total. The van der Waals surface area contributed by atoms with E-state index in [-0.39, 0.29) is 5.82 Å². The summed E-state index contributed by atoms with van der Waals surface area (Å²) in [6, 6.07) is 12.2. The predicted molar refractivity (Wildman–Crippen MR) is 72.3 cm³/mol. The molecule has 0 saturated heterocycles. The molecule has 0 aliphatic rings. The molecule has 2 rings (SSSR count). The Morgan fingerprint density at radius 1 is 1.12 bits per heavy atom. The van der Waals surface area contributed by atoms with Gasteiger partial charge in [0.15, 0.2) is 0 Å². The first-order valence-corrected chi connectivity index (χ1v) is 5.98. The molecule has 4 heteroatoms. The molecule has 0 aromatic heterocycles. The van der Waals surface area contributed by atoms with E-state index in [1.165, 1.54) is 6.07 Å². The number of hydrogen-bond acceptors (Lipinski definition) is 2. The van der Waals surface area contributed by atoms with Gasteiger partial charge < -0.3 is 11.1 Å². The predicted octanol–water partition coefficient (Wildman–Crippen LogP) is 3.78. The largest absolute Gasteiger partial charge is 0.399 e. The Labute approximate surface area is 108 Å². The molecule has 0 fully saturated rings. The summed E-state index contributed by atoms with van der Waals surface area (Å²) in [7, 11) is 0. The number of nitrogen functional groups attached to an aromatic ring is 1. The van der Waals surface area contributed by atoms with E-state index in [1.54, 1.807) is 24.3 Å². The Bertz CT molecular complexity index is 511. The zero-order valence-electron chi connectivity index (χ0n) is 9.08. The summed E-state index contributed by atoms with van der Waals surface area (Å²) in [6.45, 7) is 0.440. The van der Waals surface area contributed by atoms with Crippen LogP contribution in [0.25, 0.3) is 0 Å². The van der Waals surface area contributed by atoms with Crippen molar-refractivity contribution < 1.29 is 4.39 Å². The third-order valence-corrected chi connectivity index (χ3v) is 2.89. The van der Waals surface area contributed by atoms with Crippen LogP contribution in [0.1, 0.15) is 5.56 Å². The first-order chi connectivity index (χ1) is 8.15. The van der Waals surface area contributed by atoms with Gasteiger partial charge in [0.2, 0.25) is 0 Å². The van der Waals surface area contributed by atoms with Crippen LogP contribution in [0.2, 0.25) is 0 Å². The molecule has 17 heavy (non-hydrogen) atoms. The van der Waals surface area contributed by atoms with E-state index >= 15 is 0 Å². The fourth-order valence-corrected chi connectivity index (χ4v) is 1.89. The Morgan fingerprint density at radius 2 is 1.82 bits per heavy atom. The maximum absolute atomic E-state index is 13.5. The molecule has 2 aromatic rings. The summed E-state index contributed by atoms with van der Waals surface area (Å²) in [5.41, 5.74) is 7.83. The zero-order valence-corrected chi connectivity index (χ0v) is 10.7. The van der Waals surface area contributed by atoms with Crippen molar-refractivity contribution in [2.45, 2.75) is 6.54 Å². The molecule has 88 valence electrons. The minimum Gasteiger partial charge on any atom is -0.399 e. The number of halogens is 2. The smallest absolute Gasteiger partial charge is 0.128 e. The van der Waals surface area contributed by atoms with Crippen LogP contribution in [0.4, 0.5) is 15.8 Å². The van der Waals surface area contributed by atoms with Gasteiger partial charge >= 0.3 is 0 Å². The van der Waals surface area contributed by atoms with E-state index in [9.17, 15) is 4.39 Å². The minimum atomic E-state index is -0.212. The molecule has 0 amide bonds. The number of nitrogens with two attached hydrogens (primary N) is 1. The van der Waals surface area contributed by atoms with Gasteiger partial charge in [-0.3, -0.25) is 0 Å². The van der Waals surface area contributed by atoms with Crippen molar-refractivity contribution in [2.75, 3.05) is 11.1 Å². The minimum absolute atomic E-state index is 0.212. The highest BCUT2D eigenvalue weighted by molar-refractivity contribution is 9.10. The number of benzene rings is 2. The van der Waals surface area contributed by atoms with Gasteiger partial charge in [-0.25, -0.2) is 4.39 Å². The summed E-state index contributed by atoms with van der Waals surface area (Å²) in [6.07, 6.45) is 0. The number of nitrogens with one attached hydrogen (secondary N) is 1. The first-order valence-electron chi connectivity index (χ1n) is 5.18. The average Bonchev–Trinajstić information content (AvgIpc) is 2.32. The normalized spacial score (nSPS) is 10.2. The topological polar surface area (TPSA) is 38.0 Å². The van der Waals surface area contributed by atoms with Gasteiger partial charge in [0.25, 0.3) is 0 Å². The molecule has 0 unspecified atom stereocenters. The summed E-state index contributed by atoms with van der Waals surface area (Å²) >= 11 is 3.32. The van der Waals surface area contributed by atoms with E-state index in [0.29, 0.717) is 17.8 Å². The summed E-state index contributed by atoms with van der Waals surface area (Å²) in [4.78, 5) is 0. The highest BCUT2D eigenvalue weighted by Gasteiger charge is 2.02. The van der Waals surface area contributed by atoms with Crippen molar-refractivity contribution in [1.29, 1.82) is 0 Å². The second-order valence-corrected chi connectivity index (χ2v) is 4.63. The summed E-state index contributed by atoms with van der Waals surface area (Å²) in [5.74, 6) is -0.212.